The van der Waals surface area contributed by atoms with Gasteiger partial charge in [-0.25, -0.2) is 0 Å². The summed E-state index contributed by atoms with van der Waals surface area (Å²) in [6, 6.07) is 8.56. The fraction of sp³-hybridized carbons (Fsp3) is 0.400. The topological polar surface area (TPSA) is 44.0 Å². The molecule has 0 saturated carbocycles. The number of hydrogen-bond donors (Lipinski definition) is 2. The molecule has 2 aromatic rings. The monoisotopic (exact) mass is 256 g/mol. The van der Waals surface area contributed by atoms with Gasteiger partial charge in [0, 0.05) is 30.9 Å². The normalized spacial score (nSPS) is 14.9. The fourth-order valence-corrected chi connectivity index (χ4v) is 2.60. The Morgan fingerprint density at radius 1 is 1.26 bits per heavy atom. The van der Waals surface area contributed by atoms with Crippen LogP contribution in [0.4, 0.5) is 11.4 Å². The van der Waals surface area contributed by atoms with E-state index in [4.69, 9.17) is 0 Å². The Morgan fingerprint density at radius 3 is 2.79 bits per heavy atom. The average molecular weight is 256 g/mol. The van der Waals surface area contributed by atoms with Gasteiger partial charge in [-0.05, 0) is 31.9 Å². The van der Waals surface area contributed by atoms with Gasteiger partial charge in [0.25, 0.3) is 0 Å². The molecule has 1 fully saturated rings. The zero-order valence-corrected chi connectivity index (χ0v) is 11.3. The second-order valence-corrected chi connectivity index (χ2v) is 5.09. The van der Waals surface area contributed by atoms with Gasteiger partial charge in [0.1, 0.15) is 0 Å². The predicted octanol–water partition coefficient (Wildman–Crippen LogP) is 2.93. The minimum atomic E-state index is 0.813. The van der Waals surface area contributed by atoms with E-state index in [1.807, 2.05) is 6.20 Å². The smallest absolute Gasteiger partial charge is 0.0602 e. The third-order valence-corrected chi connectivity index (χ3v) is 3.75. The fourth-order valence-electron chi connectivity index (χ4n) is 2.60. The van der Waals surface area contributed by atoms with Gasteiger partial charge in [-0.2, -0.15) is 5.10 Å². The van der Waals surface area contributed by atoms with Crippen molar-refractivity contribution in [1.29, 1.82) is 0 Å². The second-order valence-electron chi connectivity index (χ2n) is 5.09. The number of aromatic amines is 1. The maximum atomic E-state index is 4.06. The molecular formula is C15H20N4. The third kappa shape index (κ3) is 2.57. The third-order valence-electron chi connectivity index (χ3n) is 3.75. The van der Waals surface area contributed by atoms with Crippen LogP contribution in [0.1, 0.15) is 24.1 Å². The molecule has 0 amide bonds. The largest absolute Gasteiger partial charge is 0.379 e. The van der Waals surface area contributed by atoms with Crippen LogP contribution >= 0.6 is 0 Å². The first-order chi connectivity index (χ1) is 9.34. The van der Waals surface area contributed by atoms with Gasteiger partial charge in [0.05, 0.1) is 17.6 Å². The highest BCUT2D eigenvalue weighted by Crippen LogP contribution is 2.28. The van der Waals surface area contributed by atoms with E-state index in [2.05, 4.69) is 51.6 Å². The van der Waals surface area contributed by atoms with Crippen molar-refractivity contribution in [3.05, 3.63) is 41.7 Å². The van der Waals surface area contributed by atoms with Crippen molar-refractivity contribution < 1.29 is 0 Å². The van der Waals surface area contributed by atoms with E-state index in [1.54, 1.807) is 0 Å². The minimum absolute atomic E-state index is 0.813. The van der Waals surface area contributed by atoms with Gasteiger partial charge >= 0.3 is 0 Å². The van der Waals surface area contributed by atoms with E-state index < -0.39 is 0 Å². The summed E-state index contributed by atoms with van der Waals surface area (Å²) in [4.78, 5) is 2.46. The lowest BCUT2D eigenvalue weighted by Crippen LogP contribution is -2.19. The molecule has 0 atom stereocenters. The maximum absolute atomic E-state index is 4.06. The Labute approximate surface area is 113 Å². The van der Waals surface area contributed by atoms with E-state index in [-0.39, 0.29) is 0 Å². The number of nitrogens with zero attached hydrogens (tertiary/aromatic N) is 2. The van der Waals surface area contributed by atoms with Gasteiger partial charge in [-0.15, -0.1) is 0 Å². The predicted molar refractivity (Wildman–Crippen MR) is 78.5 cm³/mol. The van der Waals surface area contributed by atoms with Crippen molar-refractivity contribution in [2.45, 2.75) is 26.3 Å². The molecule has 0 aliphatic carbocycles. The minimum Gasteiger partial charge on any atom is -0.379 e. The summed E-state index contributed by atoms with van der Waals surface area (Å²) in [5.74, 6) is 0. The Bertz CT molecular complexity index is 541. The molecule has 0 unspecified atom stereocenters. The number of nitrogens with one attached hydrogen (secondary N) is 2. The molecule has 0 bridgehead atoms. The number of anilines is 2. The first-order valence-electron chi connectivity index (χ1n) is 6.91. The molecule has 1 aromatic carbocycles. The van der Waals surface area contributed by atoms with Crippen molar-refractivity contribution in [2.75, 3.05) is 23.3 Å². The summed E-state index contributed by atoms with van der Waals surface area (Å²) in [7, 11) is 0. The number of benzene rings is 1. The zero-order chi connectivity index (χ0) is 13.1. The first-order valence-corrected chi connectivity index (χ1v) is 6.91. The van der Waals surface area contributed by atoms with E-state index in [1.165, 1.54) is 42.9 Å². The SMILES string of the molecule is Cc1[nH]ncc1CNc1ccccc1N1CCCC1. The number of rotatable bonds is 4. The number of aryl methyl sites for hydroxylation is 1. The molecule has 4 heteroatoms. The molecule has 1 aliphatic rings. The summed E-state index contributed by atoms with van der Waals surface area (Å²) in [5.41, 5.74) is 4.88. The van der Waals surface area contributed by atoms with Gasteiger partial charge < -0.3 is 10.2 Å². The molecular weight excluding hydrogens is 236 g/mol. The first kappa shape index (κ1) is 12.1. The van der Waals surface area contributed by atoms with Crippen LogP contribution in [0.25, 0.3) is 0 Å². The highest BCUT2D eigenvalue weighted by Gasteiger charge is 2.15. The van der Waals surface area contributed by atoms with Gasteiger partial charge in [-0.3, -0.25) is 5.10 Å². The van der Waals surface area contributed by atoms with Crippen LogP contribution in [0, 0.1) is 6.92 Å². The molecule has 3 rings (SSSR count). The average Bonchev–Trinajstić information content (AvgIpc) is 3.08. The van der Waals surface area contributed by atoms with E-state index >= 15 is 0 Å². The number of H-pyrrole nitrogens is 1. The Morgan fingerprint density at radius 2 is 2.05 bits per heavy atom. The number of aromatic nitrogens is 2. The standard InChI is InChI=1S/C15H20N4/c1-12-13(11-17-18-12)10-16-14-6-2-3-7-15(14)19-8-4-5-9-19/h2-3,6-7,11,16H,4-5,8-10H2,1H3,(H,17,18). The maximum Gasteiger partial charge on any atom is 0.0602 e. The van der Waals surface area contributed by atoms with Crippen LogP contribution in [0.3, 0.4) is 0 Å². The van der Waals surface area contributed by atoms with Gasteiger partial charge in [0.15, 0.2) is 0 Å². The Balaban J connectivity index is 1.75. The molecule has 2 heterocycles. The van der Waals surface area contributed by atoms with Crippen LogP contribution in [0.5, 0.6) is 0 Å². The lowest BCUT2D eigenvalue weighted by Gasteiger charge is -2.21. The van der Waals surface area contributed by atoms with Gasteiger partial charge in [-0.1, -0.05) is 12.1 Å². The number of hydrogen-bond acceptors (Lipinski definition) is 3. The molecule has 100 valence electrons. The van der Waals surface area contributed by atoms with Crippen LogP contribution in [-0.4, -0.2) is 23.3 Å². The molecule has 4 nitrogen and oxygen atoms in total. The molecule has 0 spiro atoms. The molecule has 2 N–H and O–H groups in total. The lowest BCUT2D eigenvalue weighted by atomic mass is 10.2. The van der Waals surface area contributed by atoms with Crippen molar-refractivity contribution in [3.63, 3.8) is 0 Å². The number of para-hydroxylation sites is 2. The zero-order valence-electron chi connectivity index (χ0n) is 11.3. The van der Waals surface area contributed by atoms with E-state index in [0.29, 0.717) is 0 Å². The molecule has 1 saturated heterocycles. The Hall–Kier alpha value is -1.97. The van der Waals surface area contributed by atoms with Crippen molar-refractivity contribution in [2.24, 2.45) is 0 Å². The summed E-state index contributed by atoms with van der Waals surface area (Å²) < 4.78 is 0. The summed E-state index contributed by atoms with van der Waals surface area (Å²) in [6.07, 6.45) is 4.49. The van der Waals surface area contributed by atoms with Crippen molar-refractivity contribution in [3.8, 4) is 0 Å². The van der Waals surface area contributed by atoms with E-state index in [0.717, 1.165) is 12.2 Å². The lowest BCUT2D eigenvalue weighted by molar-refractivity contribution is 0.949. The molecule has 1 aromatic heterocycles. The summed E-state index contributed by atoms with van der Waals surface area (Å²) in [6.45, 7) is 5.20. The quantitative estimate of drug-likeness (QED) is 0.884. The summed E-state index contributed by atoms with van der Waals surface area (Å²) in [5, 5.41) is 10.6. The highest BCUT2D eigenvalue weighted by molar-refractivity contribution is 5.70. The van der Waals surface area contributed by atoms with E-state index in [9.17, 15) is 0 Å². The second kappa shape index (κ2) is 5.34. The Kier molecular flexibility index (Phi) is 3.40. The molecule has 19 heavy (non-hydrogen) atoms. The molecule has 1 aliphatic heterocycles. The van der Waals surface area contributed by atoms with Crippen molar-refractivity contribution in [1.82, 2.24) is 10.2 Å². The van der Waals surface area contributed by atoms with Crippen molar-refractivity contribution >= 4 is 11.4 Å². The highest BCUT2D eigenvalue weighted by atomic mass is 15.2. The van der Waals surface area contributed by atoms with Crippen LogP contribution in [-0.2, 0) is 6.54 Å². The van der Waals surface area contributed by atoms with Crippen LogP contribution in [0.15, 0.2) is 30.5 Å². The molecule has 0 radical (unpaired) electrons. The van der Waals surface area contributed by atoms with Crippen LogP contribution < -0.4 is 10.2 Å². The van der Waals surface area contributed by atoms with Crippen LogP contribution in [0.2, 0.25) is 0 Å². The summed E-state index contributed by atoms with van der Waals surface area (Å²) >= 11 is 0. The van der Waals surface area contributed by atoms with Gasteiger partial charge in [0.2, 0.25) is 0 Å².